The van der Waals surface area contributed by atoms with Crippen LogP contribution in [-0.2, 0) is 6.42 Å². The highest BCUT2D eigenvalue weighted by Crippen LogP contribution is 2.24. The van der Waals surface area contributed by atoms with Crippen molar-refractivity contribution in [3.05, 3.63) is 18.2 Å². The minimum absolute atomic E-state index is 0.543. The number of hydrogen-bond acceptors (Lipinski definition) is 2. The first-order valence-electron chi connectivity index (χ1n) is 5.64. The van der Waals surface area contributed by atoms with Gasteiger partial charge in [-0.3, -0.25) is 4.99 Å². The van der Waals surface area contributed by atoms with Crippen LogP contribution in [0, 0.1) is 5.92 Å². The van der Waals surface area contributed by atoms with Crippen LogP contribution in [0.5, 0.6) is 0 Å². The topological polar surface area (TPSA) is 67.1 Å². The first-order chi connectivity index (χ1) is 7.36. The number of nitrogens with two attached hydrogens (primary N) is 1. The third-order valence-corrected chi connectivity index (χ3v) is 2.97. The van der Waals surface area contributed by atoms with Crippen molar-refractivity contribution >= 4 is 5.84 Å². The summed E-state index contributed by atoms with van der Waals surface area (Å²) in [6.07, 6.45) is 9.49. The number of rotatable bonds is 4. The van der Waals surface area contributed by atoms with Gasteiger partial charge in [0.15, 0.2) is 0 Å². The maximum atomic E-state index is 5.94. The molecule has 1 saturated carbocycles. The normalized spacial score (nSPS) is 18.5. The molecular formula is C11H18N4. The summed E-state index contributed by atoms with van der Waals surface area (Å²) in [4.78, 5) is 11.6. The number of nitrogens with zero attached hydrogens (tertiary/aromatic N) is 2. The summed E-state index contributed by atoms with van der Waals surface area (Å²) in [5.41, 5.74) is 5.94. The Labute approximate surface area is 90.0 Å². The van der Waals surface area contributed by atoms with E-state index in [9.17, 15) is 0 Å². The van der Waals surface area contributed by atoms with E-state index in [2.05, 4.69) is 15.0 Å². The molecule has 2 rings (SSSR count). The van der Waals surface area contributed by atoms with Gasteiger partial charge in [0.05, 0.1) is 5.84 Å². The largest absolute Gasteiger partial charge is 0.387 e. The SMILES string of the molecule is NC(=NCCc1ncc[nH]1)C1CCCC1. The molecule has 1 aliphatic carbocycles. The van der Waals surface area contributed by atoms with Crippen LogP contribution in [0.3, 0.4) is 0 Å². The van der Waals surface area contributed by atoms with Crippen molar-refractivity contribution < 1.29 is 0 Å². The van der Waals surface area contributed by atoms with Crippen LogP contribution >= 0.6 is 0 Å². The molecule has 3 N–H and O–H groups in total. The highest BCUT2D eigenvalue weighted by Gasteiger charge is 2.17. The number of H-pyrrole nitrogens is 1. The number of imidazole rings is 1. The second-order valence-corrected chi connectivity index (χ2v) is 4.07. The van der Waals surface area contributed by atoms with Crippen LogP contribution in [0.2, 0.25) is 0 Å². The monoisotopic (exact) mass is 206 g/mol. The molecule has 4 nitrogen and oxygen atoms in total. The molecule has 0 bridgehead atoms. The molecule has 0 unspecified atom stereocenters. The van der Waals surface area contributed by atoms with Crippen molar-refractivity contribution in [2.45, 2.75) is 32.1 Å². The second kappa shape index (κ2) is 4.96. The first kappa shape index (κ1) is 10.2. The van der Waals surface area contributed by atoms with E-state index < -0.39 is 0 Å². The van der Waals surface area contributed by atoms with Crippen LogP contribution < -0.4 is 5.73 Å². The zero-order chi connectivity index (χ0) is 10.5. The molecule has 0 saturated heterocycles. The van der Waals surface area contributed by atoms with Gasteiger partial charge in [-0.25, -0.2) is 4.98 Å². The van der Waals surface area contributed by atoms with Crippen molar-refractivity contribution in [3.63, 3.8) is 0 Å². The standard InChI is InChI=1S/C11H18N4/c12-11(9-3-1-2-4-9)15-6-5-10-13-7-8-14-10/h7-9H,1-6H2,(H2,12,15)(H,13,14). The highest BCUT2D eigenvalue weighted by molar-refractivity contribution is 5.83. The Balaban J connectivity index is 1.78. The van der Waals surface area contributed by atoms with Gasteiger partial charge in [0.2, 0.25) is 0 Å². The van der Waals surface area contributed by atoms with Crippen LogP contribution in [0.15, 0.2) is 17.4 Å². The van der Waals surface area contributed by atoms with E-state index in [1.54, 1.807) is 6.20 Å². The smallest absolute Gasteiger partial charge is 0.107 e. The van der Waals surface area contributed by atoms with Crippen LogP contribution in [0.4, 0.5) is 0 Å². The van der Waals surface area contributed by atoms with Gasteiger partial charge in [0.25, 0.3) is 0 Å². The average molecular weight is 206 g/mol. The van der Waals surface area contributed by atoms with Gasteiger partial charge in [-0.05, 0) is 12.8 Å². The quantitative estimate of drug-likeness (QED) is 0.579. The third-order valence-electron chi connectivity index (χ3n) is 2.97. The fourth-order valence-corrected chi connectivity index (χ4v) is 2.08. The minimum atomic E-state index is 0.543. The predicted octanol–water partition coefficient (Wildman–Crippen LogP) is 1.50. The van der Waals surface area contributed by atoms with Gasteiger partial charge in [0.1, 0.15) is 5.82 Å². The molecule has 0 aromatic carbocycles. The number of aliphatic imine (C=N–C) groups is 1. The van der Waals surface area contributed by atoms with E-state index in [1.165, 1.54) is 25.7 Å². The Kier molecular flexibility index (Phi) is 3.37. The van der Waals surface area contributed by atoms with Gasteiger partial charge < -0.3 is 10.7 Å². The fraction of sp³-hybridized carbons (Fsp3) is 0.636. The van der Waals surface area contributed by atoms with E-state index in [-0.39, 0.29) is 0 Å². The molecule has 0 atom stereocenters. The van der Waals surface area contributed by atoms with Gasteiger partial charge in [-0.15, -0.1) is 0 Å². The molecule has 0 aliphatic heterocycles. The summed E-state index contributed by atoms with van der Waals surface area (Å²) >= 11 is 0. The lowest BCUT2D eigenvalue weighted by Gasteiger charge is -2.07. The number of amidine groups is 1. The van der Waals surface area contributed by atoms with Crippen molar-refractivity contribution in [2.24, 2.45) is 16.6 Å². The van der Waals surface area contributed by atoms with Gasteiger partial charge in [-0.1, -0.05) is 12.8 Å². The Morgan fingerprint density at radius 1 is 1.53 bits per heavy atom. The third kappa shape index (κ3) is 2.81. The molecule has 0 radical (unpaired) electrons. The summed E-state index contributed by atoms with van der Waals surface area (Å²) < 4.78 is 0. The van der Waals surface area contributed by atoms with Gasteiger partial charge in [0, 0.05) is 31.3 Å². The Morgan fingerprint density at radius 3 is 3.00 bits per heavy atom. The van der Waals surface area contributed by atoms with E-state index in [1.807, 2.05) is 6.20 Å². The maximum Gasteiger partial charge on any atom is 0.107 e. The first-order valence-corrected chi connectivity index (χ1v) is 5.64. The summed E-state index contributed by atoms with van der Waals surface area (Å²) in [6.45, 7) is 0.746. The molecule has 0 spiro atoms. The lowest BCUT2D eigenvalue weighted by atomic mass is 10.1. The van der Waals surface area contributed by atoms with Crippen molar-refractivity contribution in [3.8, 4) is 0 Å². The fourth-order valence-electron chi connectivity index (χ4n) is 2.08. The van der Waals surface area contributed by atoms with Crippen LogP contribution in [0.25, 0.3) is 0 Å². The molecule has 15 heavy (non-hydrogen) atoms. The van der Waals surface area contributed by atoms with E-state index in [0.29, 0.717) is 5.92 Å². The van der Waals surface area contributed by atoms with Crippen LogP contribution in [-0.4, -0.2) is 22.3 Å². The molecule has 1 aromatic rings. The second-order valence-electron chi connectivity index (χ2n) is 4.07. The van der Waals surface area contributed by atoms with Crippen molar-refractivity contribution in [2.75, 3.05) is 6.54 Å². The molecule has 82 valence electrons. The van der Waals surface area contributed by atoms with Gasteiger partial charge in [-0.2, -0.15) is 0 Å². The predicted molar refractivity (Wildman–Crippen MR) is 60.7 cm³/mol. The Morgan fingerprint density at radius 2 is 2.33 bits per heavy atom. The molecule has 1 aliphatic rings. The summed E-state index contributed by atoms with van der Waals surface area (Å²) in [5.74, 6) is 2.37. The zero-order valence-electron chi connectivity index (χ0n) is 8.95. The Hall–Kier alpha value is -1.32. The highest BCUT2D eigenvalue weighted by atomic mass is 14.9. The number of aromatic amines is 1. The van der Waals surface area contributed by atoms with Crippen LogP contribution in [0.1, 0.15) is 31.5 Å². The lowest BCUT2D eigenvalue weighted by molar-refractivity contribution is 0.713. The maximum absolute atomic E-state index is 5.94. The zero-order valence-corrected chi connectivity index (χ0v) is 8.95. The van der Waals surface area contributed by atoms with E-state index in [4.69, 9.17) is 5.73 Å². The molecule has 1 heterocycles. The minimum Gasteiger partial charge on any atom is -0.387 e. The molecular weight excluding hydrogens is 188 g/mol. The lowest BCUT2D eigenvalue weighted by Crippen LogP contribution is -2.22. The summed E-state index contributed by atoms with van der Waals surface area (Å²) in [7, 11) is 0. The number of nitrogens with one attached hydrogen (secondary N) is 1. The average Bonchev–Trinajstić information content (AvgIpc) is 2.90. The molecule has 1 fully saturated rings. The number of hydrogen-bond donors (Lipinski definition) is 2. The molecule has 1 aromatic heterocycles. The molecule has 0 amide bonds. The molecule has 4 heteroatoms. The van der Waals surface area contributed by atoms with Gasteiger partial charge >= 0.3 is 0 Å². The van der Waals surface area contributed by atoms with E-state index >= 15 is 0 Å². The van der Waals surface area contributed by atoms with Crippen molar-refractivity contribution in [1.29, 1.82) is 0 Å². The number of aromatic nitrogens is 2. The summed E-state index contributed by atoms with van der Waals surface area (Å²) in [6, 6.07) is 0. The van der Waals surface area contributed by atoms with Crippen molar-refractivity contribution in [1.82, 2.24) is 9.97 Å². The Bertz CT molecular complexity index is 309. The summed E-state index contributed by atoms with van der Waals surface area (Å²) in [5, 5.41) is 0. The van der Waals surface area contributed by atoms with E-state index in [0.717, 1.165) is 24.6 Å².